The maximum absolute atomic E-state index is 9.60. The molecule has 5 nitrogen and oxygen atoms in total. The Balaban J connectivity index is 0.000000823. The van der Waals surface area contributed by atoms with Crippen molar-refractivity contribution in [2.75, 3.05) is 24.9 Å². The first-order chi connectivity index (χ1) is 11.8. The first-order valence-electron chi connectivity index (χ1n) is 7.31. The third kappa shape index (κ3) is 12.4. The van der Waals surface area contributed by atoms with E-state index in [0.29, 0.717) is 29.9 Å². The van der Waals surface area contributed by atoms with Crippen molar-refractivity contribution in [1.29, 1.82) is 0 Å². The molecule has 1 aromatic rings. The molecule has 0 spiro atoms. The molecule has 0 unspecified atom stereocenters. The predicted octanol–water partition coefficient (Wildman–Crippen LogP) is 6.18. The maximum Gasteiger partial charge on any atom is 0.404 e. The van der Waals surface area contributed by atoms with Gasteiger partial charge in [0, 0.05) is 9.92 Å². The number of hydrogen-bond donors (Lipinski definition) is 1. The van der Waals surface area contributed by atoms with Gasteiger partial charge in [0.25, 0.3) is 0 Å². The van der Waals surface area contributed by atoms with E-state index in [1.807, 2.05) is 19.9 Å². The van der Waals surface area contributed by atoms with Gasteiger partial charge in [-0.15, -0.1) is 11.8 Å². The molecule has 1 rings (SSSR count). The van der Waals surface area contributed by atoms with E-state index < -0.39 is 11.8 Å². The first-order valence-corrected chi connectivity index (χ1v) is 13.3. The molecule has 2 N–H and O–H groups in total. The fourth-order valence-corrected chi connectivity index (χ4v) is 8.85. The zero-order valence-electron chi connectivity index (χ0n) is 14.2. The Morgan fingerprint density at radius 1 is 1.20 bits per heavy atom. The van der Waals surface area contributed by atoms with Crippen molar-refractivity contribution in [2.45, 2.75) is 25.7 Å². The van der Waals surface area contributed by atoms with Gasteiger partial charge >= 0.3 is 6.09 Å². The van der Waals surface area contributed by atoms with Gasteiger partial charge in [0.1, 0.15) is 0 Å². The highest BCUT2D eigenvalue weighted by Gasteiger charge is 2.18. The second-order valence-electron chi connectivity index (χ2n) is 4.00. The topological polar surface area (TPSA) is 70.8 Å². The Morgan fingerprint density at radius 3 is 2.24 bits per heavy atom. The number of hydrogen-bond acceptors (Lipinski definition) is 7. The fourth-order valence-electron chi connectivity index (χ4n) is 1.31. The van der Waals surface area contributed by atoms with E-state index in [1.165, 1.54) is 11.4 Å². The van der Waals surface area contributed by atoms with E-state index in [0.717, 1.165) is 9.98 Å². The summed E-state index contributed by atoms with van der Waals surface area (Å²) in [5.74, 6) is 0. The molecule has 0 aromatic heterocycles. The lowest BCUT2D eigenvalue weighted by atomic mass is 10.4. The number of halogens is 2. The number of nitrogens with two attached hydrogens (primary N) is 1. The van der Waals surface area contributed by atoms with Crippen LogP contribution in [0.5, 0.6) is 0 Å². The van der Waals surface area contributed by atoms with Crippen molar-refractivity contribution in [3.63, 3.8) is 0 Å². The summed E-state index contributed by atoms with van der Waals surface area (Å²) in [4.78, 5) is 10.5. The molecule has 1 amide bonds. The summed E-state index contributed by atoms with van der Waals surface area (Å²) in [6.07, 6.45) is -0.711. The molecule has 144 valence electrons. The predicted molar refractivity (Wildman–Crippen MR) is 114 cm³/mol. The lowest BCUT2D eigenvalue weighted by molar-refractivity contribution is 0.163. The van der Waals surface area contributed by atoms with Gasteiger partial charge in [-0.2, -0.15) is 0 Å². The minimum atomic E-state index is -2.23. The number of primary amides is 1. The Hall–Kier alpha value is 0.340. The van der Waals surface area contributed by atoms with Crippen LogP contribution in [-0.4, -0.2) is 31.0 Å². The average Bonchev–Trinajstić information content (AvgIpc) is 2.51. The van der Waals surface area contributed by atoms with Gasteiger partial charge in [0.15, 0.2) is 0 Å². The van der Waals surface area contributed by atoms with Crippen LogP contribution in [0.4, 0.5) is 4.79 Å². The maximum atomic E-state index is 9.60. The van der Waals surface area contributed by atoms with Crippen LogP contribution in [0.3, 0.4) is 0 Å². The van der Waals surface area contributed by atoms with Gasteiger partial charge in [0.2, 0.25) is 5.69 Å². The van der Waals surface area contributed by atoms with Crippen LogP contribution in [0, 0.1) is 0 Å². The molecule has 0 saturated carbocycles. The summed E-state index contributed by atoms with van der Waals surface area (Å²) in [6, 6.07) is 5.41. The van der Waals surface area contributed by atoms with Crippen LogP contribution in [0.25, 0.3) is 0 Å². The van der Waals surface area contributed by atoms with E-state index in [9.17, 15) is 4.79 Å². The van der Waals surface area contributed by atoms with Crippen molar-refractivity contribution < 1.29 is 18.6 Å². The average molecular weight is 466 g/mol. The number of carbonyl (C=O) groups excluding carboxylic acids is 1. The number of thioether (sulfide) groups is 1. The Bertz CT molecular complexity index is 571. The van der Waals surface area contributed by atoms with Crippen LogP contribution in [-0.2, 0) is 25.6 Å². The van der Waals surface area contributed by atoms with Crippen molar-refractivity contribution in [2.24, 2.45) is 5.73 Å². The van der Waals surface area contributed by atoms with Crippen molar-refractivity contribution in [1.82, 2.24) is 0 Å². The number of carbonyl (C=O) groups is 1. The summed E-state index contributed by atoms with van der Waals surface area (Å²) in [5, 5.41) is 2.08. The first kappa shape index (κ1) is 25.3. The molecule has 0 saturated heterocycles. The highest BCUT2D eigenvalue weighted by molar-refractivity contribution is 8.69. The molecule has 0 atom stereocenters. The Morgan fingerprint density at radius 2 is 1.80 bits per heavy atom. The quantitative estimate of drug-likeness (QED) is 0.265. The van der Waals surface area contributed by atoms with E-state index in [2.05, 4.69) is 10.5 Å². The number of benzene rings is 1. The third-order valence-electron chi connectivity index (χ3n) is 2.18. The highest BCUT2D eigenvalue weighted by atomic mass is 35.5. The third-order valence-corrected chi connectivity index (χ3v) is 9.97. The lowest BCUT2D eigenvalue weighted by Gasteiger charge is -2.19. The molecule has 0 heterocycles. The zero-order chi connectivity index (χ0) is 19.3. The highest BCUT2D eigenvalue weighted by Crippen LogP contribution is 2.62. The minimum Gasteiger partial charge on any atom is -0.450 e. The molecule has 0 fully saturated rings. The minimum absolute atomic E-state index is 0.356. The van der Waals surface area contributed by atoms with Crippen molar-refractivity contribution >= 4 is 69.9 Å². The molecule has 0 radical (unpaired) electrons. The van der Waals surface area contributed by atoms with Crippen LogP contribution >= 0.6 is 52.0 Å². The van der Waals surface area contributed by atoms with Gasteiger partial charge in [-0.05, 0) is 50.8 Å². The van der Waals surface area contributed by atoms with Crippen molar-refractivity contribution in [3.8, 4) is 0 Å². The normalized spacial score (nSPS) is 10.8. The molecular formula is C14H22Cl2NO4PS3. The zero-order valence-corrected chi connectivity index (χ0v) is 19.1. The number of ether oxygens (including phenoxy) is 1. The molecule has 0 aliphatic heterocycles. The van der Waals surface area contributed by atoms with E-state index in [4.69, 9.17) is 44.1 Å². The largest absolute Gasteiger partial charge is 0.450 e. The van der Waals surface area contributed by atoms with Gasteiger partial charge in [-0.3, -0.25) is 0 Å². The van der Waals surface area contributed by atoms with E-state index >= 15 is 0 Å². The second-order valence-corrected chi connectivity index (χ2v) is 12.5. The van der Waals surface area contributed by atoms with Crippen LogP contribution in [0.15, 0.2) is 23.1 Å². The van der Waals surface area contributed by atoms with Crippen LogP contribution in [0.1, 0.15) is 20.8 Å². The molecular weight excluding hydrogens is 444 g/mol. The lowest BCUT2D eigenvalue weighted by Crippen LogP contribution is -2.11. The molecule has 0 aliphatic carbocycles. The fraction of sp³-hybridized carbons (Fsp3) is 0.500. The number of amides is 1. The SMILES string of the molecule is CCOC(N)=O.CCOP(=S)(OCC)SCSc1cc(Cl)ccc1Cl. The standard InChI is InChI=1S/C11H15Cl2O2PS3.C3H7NO2/c1-3-14-16(17,15-4-2)19-8-18-11-7-9(12)5-6-10(11)13;1-2-6-3(4)5/h5-7H,3-4,8H2,1-2H3;2H2,1H3,(H2,4,5). The van der Waals surface area contributed by atoms with Gasteiger partial charge in [-0.25, -0.2) is 4.79 Å². The molecule has 11 heteroatoms. The van der Waals surface area contributed by atoms with Crippen molar-refractivity contribution in [3.05, 3.63) is 28.2 Å². The summed E-state index contributed by atoms with van der Waals surface area (Å²) in [6.45, 7) is 7.02. The van der Waals surface area contributed by atoms with Gasteiger partial charge in [-0.1, -0.05) is 34.6 Å². The van der Waals surface area contributed by atoms with Crippen LogP contribution in [0.2, 0.25) is 10.0 Å². The van der Waals surface area contributed by atoms with E-state index in [1.54, 1.807) is 30.8 Å². The molecule has 25 heavy (non-hydrogen) atoms. The van der Waals surface area contributed by atoms with Gasteiger partial charge < -0.3 is 19.5 Å². The van der Waals surface area contributed by atoms with Crippen LogP contribution < -0.4 is 5.73 Å². The molecule has 0 aliphatic rings. The summed E-state index contributed by atoms with van der Waals surface area (Å²) < 4.78 is 15.3. The summed E-state index contributed by atoms with van der Waals surface area (Å²) in [5.41, 5.74) is 2.31. The number of rotatable bonds is 9. The second kappa shape index (κ2) is 14.4. The monoisotopic (exact) mass is 465 g/mol. The Kier molecular flexibility index (Phi) is 14.6. The Labute approximate surface area is 172 Å². The summed E-state index contributed by atoms with van der Waals surface area (Å²) in [7, 11) is 0. The molecule has 1 aromatic carbocycles. The van der Waals surface area contributed by atoms with Gasteiger partial charge in [0.05, 0.1) is 29.9 Å². The summed E-state index contributed by atoms with van der Waals surface area (Å²) >= 11 is 20.6. The smallest absolute Gasteiger partial charge is 0.404 e. The van der Waals surface area contributed by atoms with E-state index in [-0.39, 0.29) is 0 Å². The molecule has 0 bridgehead atoms.